The zero-order valence-corrected chi connectivity index (χ0v) is 22.1. The van der Waals surface area contributed by atoms with Gasteiger partial charge in [-0.15, -0.1) is 0 Å². The molecule has 2 aliphatic carbocycles. The molecule has 0 nitrogen and oxygen atoms in total. The van der Waals surface area contributed by atoms with Crippen LogP contribution in [0, 0.1) is 0 Å². The quantitative estimate of drug-likeness (QED) is 0.219. The highest BCUT2D eigenvalue weighted by molar-refractivity contribution is 6.14. The summed E-state index contributed by atoms with van der Waals surface area (Å²) in [7, 11) is 0. The van der Waals surface area contributed by atoms with Crippen molar-refractivity contribution in [3.8, 4) is 44.5 Å². The number of hydrogen-bond acceptors (Lipinski definition) is 0. The van der Waals surface area contributed by atoms with E-state index in [1.165, 1.54) is 88.3 Å². The minimum atomic E-state index is 0.989. The predicted molar refractivity (Wildman–Crippen MR) is 169 cm³/mol. The molecular weight excluding hydrogens is 480 g/mol. The summed E-state index contributed by atoms with van der Waals surface area (Å²) >= 11 is 0. The Balaban J connectivity index is 1.44. The third kappa shape index (κ3) is 3.02. The zero-order chi connectivity index (χ0) is 26.2. The third-order valence-corrected chi connectivity index (χ3v) is 9.06. The SMILES string of the molecule is c1ccc2c(c1)Cc1cc3ccccc3c(-c3ccccc3-c3c4c(cc5ccccc35)Cc3ccccc3-4)c1-2. The summed E-state index contributed by atoms with van der Waals surface area (Å²) in [4.78, 5) is 0. The summed E-state index contributed by atoms with van der Waals surface area (Å²) in [6.45, 7) is 0. The van der Waals surface area contributed by atoms with Crippen LogP contribution in [-0.2, 0) is 12.8 Å². The van der Waals surface area contributed by atoms with Crippen LogP contribution in [0.4, 0.5) is 0 Å². The van der Waals surface area contributed by atoms with Gasteiger partial charge in [0.15, 0.2) is 0 Å². The number of rotatable bonds is 2. The van der Waals surface area contributed by atoms with Crippen molar-refractivity contribution in [1.82, 2.24) is 0 Å². The Bertz CT molecular complexity index is 2010. The third-order valence-electron chi connectivity index (χ3n) is 9.06. The van der Waals surface area contributed by atoms with Crippen LogP contribution in [-0.4, -0.2) is 0 Å². The molecule has 0 radical (unpaired) electrons. The average Bonchev–Trinajstić information content (AvgIpc) is 3.56. The minimum Gasteiger partial charge on any atom is -0.0619 e. The molecule has 0 N–H and O–H groups in total. The van der Waals surface area contributed by atoms with Crippen molar-refractivity contribution < 1.29 is 0 Å². The lowest BCUT2D eigenvalue weighted by molar-refractivity contribution is 1.27. The van der Waals surface area contributed by atoms with E-state index in [0.29, 0.717) is 0 Å². The van der Waals surface area contributed by atoms with E-state index in [0.717, 1.165) is 12.8 Å². The number of fused-ring (bicyclic) bond motifs is 8. The first-order valence-electron chi connectivity index (χ1n) is 14.2. The molecule has 0 saturated heterocycles. The molecule has 7 aromatic rings. The fraction of sp³-hybridized carbons (Fsp3) is 0.0500. The van der Waals surface area contributed by atoms with Gasteiger partial charge in [-0.25, -0.2) is 0 Å². The fourth-order valence-corrected chi connectivity index (χ4v) is 7.43. The van der Waals surface area contributed by atoms with Gasteiger partial charge in [-0.2, -0.15) is 0 Å². The van der Waals surface area contributed by atoms with E-state index < -0.39 is 0 Å². The number of hydrogen-bond donors (Lipinski definition) is 0. The number of benzene rings is 7. The van der Waals surface area contributed by atoms with Crippen molar-refractivity contribution in [2.24, 2.45) is 0 Å². The van der Waals surface area contributed by atoms with Gasteiger partial charge in [0.05, 0.1) is 0 Å². The van der Waals surface area contributed by atoms with E-state index in [4.69, 9.17) is 0 Å². The normalized spacial score (nSPS) is 12.8. The molecule has 0 heteroatoms. The molecule has 0 aliphatic heterocycles. The van der Waals surface area contributed by atoms with Gasteiger partial charge in [0.25, 0.3) is 0 Å². The van der Waals surface area contributed by atoms with Gasteiger partial charge in [-0.3, -0.25) is 0 Å². The molecule has 0 unspecified atom stereocenters. The smallest absolute Gasteiger partial charge is 0.00130 e. The summed E-state index contributed by atoms with van der Waals surface area (Å²) in [6.07, 6.45) is 1.98. The van der Waals surface area contributed by atoms with Gasteiger partial charge in [0.2, 0.25) is 0 Å². The first-order chi connectivity index (χ1) is 19.8. The van der Waals surface area contributed by atoms with Crippen LogP contribution in [0.2, 0.25) is 0 Å². The summed E-state index contributed by atoms with van der Waals surface area (Å²) in [6, 6.07) is 49.8. The van der Waals surface area contributed by atoms with Gasteiger partial charge >= 0.3 is 0 Å². The maximum absolute atomic E-state index is 2.42. The fourth-order valence-electron chi connectivity index (χ4n) is 7.43. The molecule has 40 heavy (non-hydrogen) atoms. The Morgan fingerprint density at radius 1 is 0.300 bits per heavy atom. The van der Waals surface area contributed by atoms with Crippen LogP contribution in [0.1, 0.15) is 22.3 Å². The molecule has 0 fully saturated rings. The van der Waals surface area contributed by atoms with E-state index in [9.17, 15) is 0 Å². The first kappa shape index (κ1) is 21.9. The Hall–Kier alpha value is -4.94. The molecule has 0 spiro atoms. The van der Waals surface area contributed by atoms with E-state index >= 15 is 0 Å². The predicted octanol–water partition coefficient (Wildman–Crippen LogP) is 10.5. The highest BCUT2D eigenvalue weighted by Gasteiger charge is 2.28. The largest absolute Gasteiger partial charge is 0.0619 e. The highest BCUT2D eigenvalue weighted by atomic mass is 14.3. The molecule has 2 aliphatic rings. The highest BCUT2D eigenvalue weighted by Crippen LogP contribution is 2.52. The lowest BCUT2D eigenvalue weighted by atomic mass is 9.82. The molecule has 9 rings (SSSR count). The summed E-state index contributed by atoms with van der Waals surface area (Å²) in [5, 5.41) is 5.27. The lowest BCUT2D eigenvalue weighted by Gasteiger charge is -2.21. The molecule has 0 amide bonds. The molecule has 0 heterocycles. The summed E-state index contributed by atoms with van der Waals surface area (Å²) in [5.41, 5.74) is 16.6. The topological polar surface area (TPSA) is 0 Å². The first-order valence-corrected chi connectivity index (χ1v) is 14.2. The lowest BCUT2D eigenvalue weighted by Crippen LogP contribution is -1.95. The Labute approximate surface area is 234 Å². The van der Waals surface area contributed by atoms with Crippen LogP contribution in [0.3, 0.4) is 0 Å². The van der Waals surface area contributed by atoms with Crippen molar-refractivity contribution >= 4 is 21.5 Å². The maximum Gasteiger partial charge on any atom is -0.00130 e. The monoisotopic (exact) mass is 506 g/mol. The second-order valence-electron chi connectivity index (χ2n) is 11.2. The van der Waals surface area contributed by atoms with Crippen LogP contribution >= 0.6 is 0 Å². The molecule has 0 atom stereocenters. The van der Waals surface area contributed by atoms with Crippen molar-refractivity contribution in [2.75, 3.05) is 0 Å². The van der Waals surface area contributed by atoms with E-state index in [1.54, 1.807) is 0 Å². The van der Waals surface area contributed by atoms with Gasteiger partial charge in [0.1, 0.15) is 0 Å². The Kier molecular flexibility index (Phi) is 4.54. The van der Waals surface area contributed by atoms with Crippen LogP contribution < -0.4 is 0 Å². The minimum absolute atomic E-state index is 0.989. The molecular formula is C40H26. The van der Waals surface area contributed by atoms with Crippen molar-refractivity contribution in [2.45, 2.75) is 12.8 Å². The van der Waals surface area contributed by atoms with Gasteiger partial charge in [0, 0.05) is 0 Å². The standard InChI is InChI=1S/C40H26/c1-5-15-31-25(11-1)21-29-23-27-13-3-7-17-33(27)39(37(29)31)35-19-9-10-20-36(35)40-34-18-8-4-14-28(34)24-30-22-26-12-2-6-16-32(26)38(30)40/h1-20,23-24H,21-22H2. The molecule has 7 aromatic carbocycles. The zero-order valence-electron chi connectivity index (χ0n) is 22.1. The molecule has 0 bridgehead atoms. The van der Waals surface area contributed by atoms with E-state index in [-0.39, 0.29) is 0 Å². The Morgan fingerprint density at radius 2 is 0.675 bits per heavy atom. The average molecular weight is 507 g/mol. The molecule has 0 saturated carbocycles. The Morgan fingerprint density at radius 3 is 1.15 bits per heavy atom. The summed E-state index contributed by atoms with van der Waals surface area (Å²) in [5.74, 6) is 0. The van der Waals surface area contributed by atoms with Crippen molar-refractivity contribution in [3.63, 3.8) is 0 Å². The summed E-state index contributed by atoms with van der Waals surface area (Å²) < 4.78 is 0. The van der Waals surface area contributed by atoms with Crippen molar-refractivity contribution in [3.05, 3.63) is 156 Å². The van der Waals surface area contributed by atoms with E-state index in [2.05, 4.69) is 133 Å². The van der Waals surface area contributed by atoms with Crippen molar-refractivity contribution in [1.29, 1.82) is 0 Å². The van der Waals surface area contributed by atoms with E-state index in [1.807, 2.05) is 0 Å². The van der Waals surface area contributed by atoms with Gasteiger partial charge < -0.3 is 0 Å². The van der Waals surface area contributed by atoms with Crippen LogP contribution in [0.5, 0.6) is 0 Å². The second-order valence-corrected chi connectivity index (χ2v) is 11.2. The molecule has 186 valence electrons. The van der Waals surface area contributed by atoms with Crippen LogP contribution in [0.15, 0.2) is 133 Å². The van der Waals surface area contributed by atoms with Crippen LogP contribution in [0.25, 0.3) is 66.1 Å². The second kappa shape index (κ2) is 8.28. The van der Waals surface area contributed by atoms with Gasteiger partial charge in [-0.1, -0.05) is 133 Å². The van der Waals surface area contributed by atoms with Gasteiger partial charge in [-0.05, 0) is 101 Å². The maximum atomic E-state index is 2.42. The molecule has 0 aromatic heterocycles.